The summed E-state index contributed by atoms with van der Waals surface area (Å²) in [6.07, 6.45) is 0.724. The number of methoxy groups -OCH3 is 1. The molecule has 0 amide bonds. The van der Waals surface area contributed by atoms with Crippen LogP contribution in [0.4, 0.5) is 5.69 Å². The lowest BCUT2D eigenvalue weighted by molar-refractivity contribution is 0.409. The number of anilines is 1. The van der Waals surface area contributed by atoms with Gasteiger partial charge in [0.25, 0.3) is 0 Å². The third-order valence-corrected chi connectivity index (χ3v) is 6.54. The van der Waals surface area contributed by atoms with E-state index in [-0.39, 0.29) is 10.8 Å². The maximum atomic E-state index is 11.5. The number of nitrogens with two attached hydrogens (primary N) is 1. The van der Waals surface area contributed by atoms with Crippen molar-refractivity contribution in [2.24, 2.45) is 5.14 Å². The second-order valence-corrected chi connectivity index (χ2v) is 9.33. The molecule has 1 atom stereocenters. The molecule has 0 aromatic heterocycles. The van der Waals surface area contributed by atoms with Crippen LogP contribution in [0.5, 0.6) is 17.2 Å². The van der Waals surface area contributed by atoms with Gasteiger partial charge in [-0.15, -0.1) is 0 Å². The number of hydrogen-bond acceptors (Lipinski definition) is 6. The Morgan fingerprint density at radius 2 is 1.82 bits per heavy atom. The van der Waals surface area contributed by atoms with E-state index in [1.807, 2.05) is 24.3 Å². The predicted octanol–water partition coefficient (Wildman–Crippen LogP) is 4.51. The summed E-state index contributed by atoms with van der Waals surface area (Å²) in [7, 11) is -2.16. The van der Waals surface area contributed by atoms with Crippen molar-refractivity contribution in [2.75, 3.05) is 18.6 Å². The van der Waals surface area contributed by atoms with Gasteiger partial charge in [0, 0.05) is 29.9 Å². The van der Waals surface area contributed by atoms with Crippen LogP contribution in [-0.2, 0) is 10.0 Å². The number of hydrogen-bond donors (Lipinski definition) is 1. The Morgan fingerprint density at radius 1 is 1.09 bits per heavy atom. The topological polar surface area (TPSA) is 106 Å². The maximum absolute atomic E-state index is 11.5. The zero-order valence-corrected chi connectivity index (χ0v) is 18.9. The SMILES string of the molecule is C=C1C[C@H](c2ccc(C#N)c(Oc3cccc(OC)c3)c2)CN1c1ccc(S(N)(=O)=O)cc1. The number of allylic oxidation sites excluding steroid dienone is 1. The minimum Gasteiger partial charge on any atom is -0.497 e. The van der Waals surface area contributed by atoms with E-state index in [0.717, 1.165) is 23.4 Å². The normalized spacial score (nSPS) is 15.8. The quantitative estimate of drug-likeness (QED) is 0.579. The van der Waals surface area contributed by atoms with Crippen molar-refractivity contribution >= 4 is 15.7 Å². The second-order valence-electron chi connectivity index (χ2n) is 7.77. The van der Waals surface area contributed by atoms with Crippen LogP contribution >= 0.6 is 0 Å². The van der Waals surface area contributed by atoms with Crippen molar-refractivity contribution in [3.63, 3.8) is 0 Å². The summed E-state index contributed by atoms with van der Waals surface area (Å²) >= 11 is 0. The van der Waals surface area contributed by atoms with Crippen LogP contribution in [-0.4, -0.2) is 22.1 Å². The molecular weight excluding hydrogens is 438 g/mol. The molecule has 1 saturated heterocycles. The molecule has 3 aromatic carbocycles. The number of rotatable bonds is 6. The highest BCUT2D eigenvalue weighted by atomic mass is 32.2. The summed E-state index contributed by atoms with van der Waals surface area (Å²) in [5.41, 5.74) is 3.23. The van der Waals surface area contributed by atoms with Gasteiger partial charge in [-0.1, -0.05) is 18.7 Å². The van der Waals surface area contributed by atoms with E-state index < -0.39 is 10.0 Å². The van der Waals surface area contributed by atoms with E-state index in [2.05, 4.69) is 17.5 Å². The van der Waals surface area contributed by atoms with Crippen molar-refractivity contribution in [1.29, 1.82) is 5.26 Å². The number of ether oxygens (including phenoxy) is 2. The first-order valence-electron chi connectivity index (χ1n) is 10.2. The molecule has 1 aliphatic rings. The summed E-state index contributed by atoms with van der Waals surface area (Å²) in [6, 6.07) is 21.4. The van der Waals surface area contributed by atoms with Gasteiger partial charge in [0.05, 0.1) is 17.6 Å². The molecule has 8 heteroatoms. The highest BCUT2D eigenvalue weighted by Gasteiger charge is 2.28. The van der Waals surface area contributed by atoms with E-state index in [4.69, 9.17) is 14.6 Å². The number of nitrogens with zero attached hydrogens (tertiary/aromatic N) is 2. The van der Waals surface area contributed by atoms with Crippen LogP contribution in [0.15, 0.2) is 83.9 Å². The lowest BCUT2D eigenvalue weighted by atomic mass is 9.96. The molecule has 0 radical (unpaired) electrons. The zero-order valence-electron chi connectivity index (χ0n) is 18.1. The van der Waals surface area contributed by atoms with Gasteiger partial charge in [-0.3, -0.25) is 0 Å². The largest absolute Gasteiger partial charge is 0.497 e. The minimum absolute atomic E-state index is 0.0686. The van der Waals surface area contributed by atoms with Crippen molar-refractivity contribution in [3.8, 4) is 23.3 Å². The first-order chi connectivity index (χ1) is 15.8. The standard InChI is InChI=1S/C25H23N3O4S/c1-17-12-20(16-28(17)21-8-10-24(11-9-21)33(27,29)30)18-6-7-19(15-26)25(13-18)32-23-5-3-4-22(14-23)31-2/h3-11,13-14,20H,1,12,16H2,2H3,(H2,27,29,30)/t20-/m0/s1. The first kappa shape index (κ1) is 22.4. The molecule has 1 heterocycles. The number of primary sulfonamides is 1. The van der Waals surface area contributed by atoms with Gasteiger partial charge in [-0.05, 0) is 60.5 Å². The van der Waals surface area contributed by atoms with Crippen LogP contribution in [0.1, 0.15) is 23.5 Å². The smallest absolute Gasteiger partial charge is 0.238 e. The number of sulfonamides is 1. The van der Waals surface area contributed by atoms with E-state index in [0.29, 0.717) is 29.4 Å². The Kier molecular flexibility index (Phi) is 6.09. The summed E-state index contributed by atoms with van der Waals surface area (Å²) in [4.78, 5) is 2.12. The fraction of sp³-hybridized carbons (Fsp3) is 0.160. The summed E-state index contributed by atoms with van der Waals surface area (Å²) in [6.45, 7) is 4.85. The zero-order chi connectivity index (χ0) is 23.6. The van der Waals surface area contributed by atoms with Crippen LogP contribution < -0.4 is 19.5 Å². The highest BCUT2D eigenvalue weighted by Crippen LogP contribution is 2.39. The average Bonchev–Trinajstić information content (AvgIpc) is 3.20. The average molecular weight is 462 g/mol. The van der Waals surface area contributed by atoms with Crippen molar-refractivity contribution in [1.82, 2.24) is 0 Å². The Bertz CT molecular complexity index is 1340. The molecule has 1 fully saturated rings. The molecule has 3 aromatic rings. The molecule has 0 bridgehead atoms. The second kappa shape index (κ2) is 8.98. The summed E-state index contributed by atoms with van der Waals surface area (Å²) < 4.78 is 34.3. The van der Waals surface area contributed by atoms with Gasteiger partial charge < -0.3 is 14.4 Å². The summed E-state index contributed by atoms with van der Waals surface area (Å²) in [5.74, 6) is 1.86. The Hall–Kier alpha value is -3.80. The van der Waals surface area contributed by atoms with Gasteiger partial charge in [0.15, 0.2) is 0 Å². The first-order valence-corrected chi connectivity index (χ1v) is 11.8. The molecule has 1 aliphatic heterocycles. The van der Waals surface area contributed by atoms with Crippen molar-refractivity contribution in [2.45, 2.75) is 17.2 Å². The van der Waals surface area contributed by atoms with Crippen molar-refractivity contribution in [3.05, 3.63) is 90.1 Å². The van der Waals surface area contributed by atoms with Gasteiger partial charge >= 0.3 is 0 Å². The maximum Gasteiger partial charge on any atom is 0.238 e. The van der Waals surface area contributed by atoms with E-state index >= 15 is 0 Å². The third kappa shape index (κ3) is 4.85. The summed E-state index contributed by atoms with van der Waals surface area (Å²) in [5, 5.41) is 14.7. The number of nitriles is 1. The molecule has 0 spiro atoms. The predicted molar refractivity (Wildman–Crippen MR) is 126 cm³/mol. The van der Waals surface area contributed by atoms with Gasteiger partial charge in [0.2, 0.25) is 10.0 Å². The van der Waals surface area contributed by atoms with Gasteiger partial charge in [-0.2, -0.15) is 5.26 Å². The molecule has 33 heavy (non-hydrogen) atoms. The molecule has 4 rings (SSSR count). The molecule has 0 unspecified atom stereocenters. The van der Waals surface area contributed by atoms with Gasteiger partial charge in [-0.25, -0.2) is 13.6 Å². The molecule has 7 nitrogen and oxygen atoms in total. The Labute approximate surface area is 193 Å². The number of benzene rings is 3. The molecule has 2 N–H and O–H groups in total. The van der Waals surface area contributed by atoms with Gasteiger partial charge in [0.1, 0.15) is 23.3 Å². The van der Waals surface area contributed by atoms with Crippen molar-refractivity contribution < 1.29 is 17.9 Å². The van der Waals surface area contributed by atoms with E-state index in [9.17, 15) is 13.7 Å². The van der Waals surface area contributed by atoms with Crippen LogP contribution in [0, 0.1) is 11.3 Å². The fourth-order valence-electron chi connectivity index (χ4n) is 3.90. The van der Waals surface area contributed by atoms with E-state index in [1.165, 1.54) is 12.1 Å². The van der Waals surface area contributed by atoms with Crippen LogP contribution in [0.3, 0.4) is 0 Å². The van der Waals surface area contributed by atoms with Crippen LogP contribution in [0.2, 0.25) is 0 Å². The third-order valence-electron chi connectivity index (χ3n) is 5.61. The molecule has 0 aliphatic carbocycles. The minimum atomic E-state index is -3.74. The lowest BCUT2D eigenvalue weighted by Gasteiger charge is -2.20. The molecule has 168 valence electrons. The Balaban J connectivity index is 1.57. The Morgan fingerprint density at radius 3 is 2.48 bits per heavy atom. The van der Waals surface area contributed by atoms with E-state index in [1.54, 1.807) is 37.4 Å². The molecular formula is C25H23N3O4S. The monoisotopic (exact) mass is 461 g/mol. The lowest BCUT2D eigenvalue weighted by Crippen LogP contribution is -2.18. The molecule has 0 saturated carbocycles. The fourth-order valence-corrected chi connectivity index (χ4v) is 4.41. The highest BCUT2D eigenvalue weighted by molar-refractivity contribution is 7.89. The van der Waals surface area contributed by atoms with Crippen LogP contribution in [0.25, 0.3) is 0 Å².